The number of benzene rings is 10. The Kier molecular flexibility index (Phi) is 30.1. The Morgan fingerprint density at radius 1 is 0.411 bits per heavy atom. The Labute approximate surface area is 848 Å². The number of nitrogens with zero attached hydrogens (tertiary/aromatic N) is 8. The van der Waals surface area contributed by atoms with Gasteiger partial charge in [0, 0.05) is 76.1 Å². The van der Waals surface area contributed by atoms with Gasteiger partial charge in [-0.15, -0.1) is 0 Å². The van der Waals surface area contributed by atoms with Crippen molar-refractivity contribution < 1.29 is 95.6 Å². The van der Waals surface area contributed by atoms with Crippen LogP contribution in [0.4, 0.5) is 49.9 Å². The average molecular weight is 2230 g/mol. The van der Waals surface area contributed by atoms with Crippen molar-refractivity contribution in [2.75, 3.05) is 79.4 Å². The molecule has 0 bridgehead atoms. The zero-order valence-electron chi connectivity index (χ0n) is 79.2. The number of amidine groups is 4. The molecule has 40 nitrogen and oxygen atoms in total. The second kappa shape index (κ2) is 41.1. The van der Waals surface area contributed by atoms with Crippen LogP contribution in [-0.2, 0) is 93.6 Å². The largest absolute Gasteiger partial charge is 0.506 e. The quantitative estimate of drug-likeness (QED) is 0.0264. The molecule has 0 spiro atoms. The third kappa shape index (κ3) is 23.3. The Bertz CT molecular complexity index is 8940. The summed E-state index contributed by atoms with van der Waals surface area (Å²) in [6.07, 6.45) is 5.30. The van der Waals surface area contributed by atoms with E-state index in [1.165, 1.54) is 123 Å². The van der Waals surface area contributed by atoms with Gasteiger partial charge in [0.2, 0.25) is 40.1 Å². The lowest BCUT2D eigenvalue weighted by Crippen LogP contribution is -2.34. The molecule has 51 heteroatoms. The number of aromatic hydroxyl groups is 4. The lowest BCUT2D eigenvalue weighted by molar-refractivity contribution is 0.350. The highest BCUT2D eigenvalue weighted by atomic mass is 79.9. The molecule has 146 heavy (non-hydrogen) atoms. The van der Waals surface area contributed by atoms with Gasteiger partial charge in [-0.1, -0.05) is 129 Å². The molecule has 14 aromatic rings. The van der Waals surface area contributed by atoms with E-state index in [4.69, 9.17) is 20.6 Å². The van der Waals surface area contributed by atoms with E-state index in [2.05, 4.69) is 95.9 Å². The highest BCUT2D eigenvalue weighted by molar-refractivity contribution is 9.10. The number of rotatable bonds is 23. The Morgan fingerprint density at radius 2 is 0.712 bits per heavy atom. The van der Waals surface area contributed by atoms with E-state index in [9.17, 15) is 106 Å². The van der Waals surface area contributed by atoms with E-state index in [0.717, 1.165) is 35.1 Å². The van der Waals surface area contributed by atoms with Crippen LogP contribution < -0.4 is 83.6 Å². The first-order valence-electron chi connectivity index (χ1n) is 44.0. The van der Waals surface area contributed by atoms with Crippen LogP contribution in [-0.4, -0.2) is 145 Å². The van der Waals surface area contributed by atoms with Crippen LogP contribution >= 0.6 is 57.6 Å². The molecule has 4 aliphatic heterocycles. The van der Waals surface area contributed by atoms with Gasteiger partial charge < -0.3 is 78.8 Å². The third-order valence-electron chi connectivity index (χ3n) is 23.0. The maximum Gasteiger partial charge on any atom is 0.348 e. The highest BCUT2D eigenvalue weighted by Gasteiger charge is 2.41. The van der Waals surface area contributed by atoms with Crippen molar-refractivity contribution >= 4 is 231 Å². The molecule has 764 valence electrons. The summed E-state index contributed by atoms with van der Waals surface area (Å²) in [5, 5.41) is 57.5. The summed E-state index contributed by atoms with van der Waals surface area (Å²) in [5.74, 6) is -2.45. The summed E-state index contributed by atoms with van der Waals surface area (Å²) in [4.78, 5) is 76.2. The molecule has 18 rings (SSSR count). The molecule has 4 aromatic heterocycles. The average Bonchev–Trinajstić information content (AvgIpc) is 0.749. The zero-order valence-corrected chi connectivity index (χ0v) is 88.4. The van der Waals surface area contributed by atoms with Gasteiger partial charge in [-0.3, -0.25) is 56.3 Å². The van der Waals surface area contributed by atoms with E-state index in [0.29, 0.717) is 86.7 Å². The van der Waals surface area contributed by atoms with E-state index >= 15 is 0 Å². The van der Waals surface area contributed by atoms with Crippen LogP contribution in [0.5, 0.6) is 23.0 Å². The van der Waals surface area contributed by atoms with Gasteiger partial charge in [0.1, 0.15) is 51.1 Å². The molecular formula is C95H95BrClFN16O24P4S4. The number of hydrogen-bond donors (Lipinski definition) is 14. The predicted molar refractivity (Wildman–Crippen MR) is 574 cm³/mol. The van der Waals surface area contributed by atoms with Crippen molar-refractivity contribution in [3.63, 3.8) is 0 Å². The van der Waals surface area contributed by atoms with Crippen molar-refractivity contribution in [1.29, 1.82) is 0 Å². The molecule has 0 amide bonds. The van der Waals surface area contributed by atoms with Gasteiger partial charge in [0.15, 0.2) is 23.3 Å². The number of aryl methyl sites for hydroxylation is 2. The molecule has 0 radical (unpaired) electrons. The standard InChI is InChI=1S/C25H22BrN4O6PS.C25H21ClFN4O6PS.C23H27N4O6PS.C22H25N4O6PS/c1-36-37(33)21-13-17(29-38(2,34)35)10-11-19(21)27-24(28-37)22-23(31)18-8-3-4-9-20(18)30(25(22)32)14-15-6-5-7-16(26)12-15;1-37-38(34)21-12-15(30-39(2,35)36)8-10-19(21)28-24(29-38)22-23(32)16-5-3-4-6-20(16)31(25(22)33)13-14-7-9-18(27)17(26)11-14;1-23(2,3)11-12-27-17-8-6-5-7-15(17)20(28)19(22(27)29)21-24-16-10-9-14(26-35(4,32)33)13-18(16)34(30,31)25-21;1-13(2)10-11-26-17-7-5-4-6-15(17)20(27)19(22(26)28)21-23-16-9-8-14(25-34(3,31)32)12-18(16)33(29,30)24-21/h3-13,29,31H,14H2,1-2H3,(H,27,28,33);3-12,30,32H,13H2,1-2H3,(H,28,29,34);5-10,13,26,28H,11-12H2,1-4H3,(H2,24,25,30,31);4-9,12-13,25,27H,10-11H2,1-3H3,(H2,23,24,29,30). The second-order valence-corrected chi connectivity index (χ2v) is 51.8. The van der Waals surface area contributed by atoms with Gasteiger partial charge in [0.25, 0.3) is 22.2 Å². The molecule has 0 saturated carbocycles. The lowest BCUT2D eigenvalue weighted by Gasteiger charge is -2.25. The number of nitrogens with one attached hydrogen (secondary N) is 8. The summed E-state index contributed by atoms with van der Waals surface area (Å²) in [7, 11) is -28.8. The number of hydrogen-bond acceptors (Lipinski definition) is 26. The van der Waals surface area contributed by atoms with Crippen molar-refractivity contribution in [3.8, 4) is 23.0 Å². The first kappa shape index (κ1) is 107. The van der Waals surface area contributed by atoms with Crippen molar-refractivity contribution in [2.24, 2.45) is 30.4 Å². The minimum atomic E-state index is -4.42. The van der Waals surface area contributed by atoms with Crippen molar-refractivity contribution in [3.05, 3.63) is 302 Å². The normalized spacial score (nSPS) is 17.4. The van der Waals surface area contributed by atoms with Gasteiger partial charge >= 0.3 is 30.1 Å². The number of fused-ring (bicyclic) bond motifs is 8. The molecule has 8 heterocycles. The van der Waals surface area contributed by atoms with Crippen LogP contribution in [0.15, 0.2) is 255 Å². The van der Waals surface area contributed by atoms with Crippen LogP contribution in [0.3, 0.4) is 0 Å². The Morgan fingerprint density at radius 3 is 1.03 bits per heavy atom. The number of para-hydroxylation sites is 4. The summed E-state index contributed by atoms with van der Waals surface area (Å²) < 4.78 is 203. The zero-order chi connectivity index (χ0) is 106. The predicted octanol–water partition coefficient (Wildman–Crippen LogP) is 14.5. The topological polar surface area (TPSA) is 578 Å². The van der Waals surface area contributed by atoms with Gasteiger partial charge in [-0.25, -0.2) is 38.1 Å². The van der Waals surface area contributed by atoms with Gasteiger partial charge in [-0.05, 0) is 181 Å². The molecular weight excluding hydrogens is 2140 g/mol. The van der Waals surface area contributed by atoms with Crippen molar-refractivity contribution in [1.82, 2.24) is 18.3 Å². The highest BCUT2D eigenvalue weighted by Crippen LogP contribution is 2.55. The minimum Gasteiger partial charge on any atom is -0.506 e. The summed E-state index contributed by atoms with van der Waals surface area (Å²) in [6.45, 7) is 11.2. The maximum atomic E-state index is 13.9. The number of sulfonamides is 4. The Balaban J connectivity index is 0.000000146. The number of halogens is 3. The molecule has 4 atom stereocenters. The number of pyridine rings is 4. The van der Waals surface area contributed by atoms with E-state index in [1.807, 2.05) is 38.1 Å². The monoisotopic (exact) mass is 2230 g/mol. The molecule has 0 saturated heterocycles. The molecule has 4 unspecified atom stereocenters. The van der Waals surface area contributed by atoms with Crippen LogP contribution in [0, 0.1) is 17.2 Å². The first-order valence-corrected chi connectivity index (χ1v) is 59.1. The van der Waals surface area contributed by atoms with Crippen LogP contribution in [0.1, 0.15) is 80.8 Å². The van der Waals surface area contributed by atoms with Crippen LogP contribution in [0.2, 0.25) is 5.02 Å². The van der Waals surface area contributed by atoms with Crippen molar-refractivity contribution in [2.45, 2.75) is 73.6 Å². The fourth-order valence-corrected chi connectivity index (χ4v) is 24.8. The smallest absolute Gasteiger partial charge is 0.348 e. The van der Waals surface area contributed by atoms with Crippen LogP contribution in [0.25, 0.3) is 43.6 Å². The number of aromatic nitrogens is 4. The fourth-order valence-electron chi connectivity index (χ4n) is 16.3. The fraction of sp³-hybridized carbons (Fsp3) is 0.200. The summed E-state index contributed by atoms with van der Waals surface area (Å²) in [5.41, 5.74) is 1.58. The third-order valence-corrected chi connectivity index (χ3v) is 33.0. The Hall–Kier alpha value is -13.4. The molecule has 0 fully saturated rings. The first-order chi connectivity index (χ1) is 68.4. The molecule has 4 aliphatic rings. The minimum absolute atomic E-state index is 0.0149. The molecule has 14 N–H and O–H groups in total. The lowest BCUT2D eigenvalue weighted by atomic mass is 9.92. The molecule has 10 aromatic carbocycles. The SMILES string of the molecule is CC(C)(C)CCn1c(=O)c(C2=NP(=O)(O)c3cc(NS(C)(=O)=O)ccc3N2)c(O)c2ccccc21.CC(C)CCn1c(=O)c(C2=NP(=O)(O)c3cc(NS(C)(=O)=O)ccc3N2)c(O)c2ccccc21.COP1(=O)N=C(c2c(O)c3ccccc3n(Cc3ccc(F)c(Cl)c3)c2=O)Nc2ccc(NS(C)(=O)=O)cc21.COP1(=O)N=C(c2c(O)c3ccccc3n(Cc3cccc(Br)c3)c2=O)Nc2ccc(NS(C)(=O)=O)cc21. The van der Waals surface area contributed by atoms with E-state index < -0.39 is 104 Å². The number of anilines is 8. The molecule has 0 aliphatic carbocycles. The summed E-state index contributed by atoms with van der Waals surface area (Å²) >= 11 is 9.39. The van der Waals surface area contributed by atoms with Gasteiger partial charge in [0.05, 0.1) is 109 Å². The van der Waals surface area contributed by atoms with Gasteiger partial charge in [-0.2, -0.15) is 19.1 Å². The van der Waals surface area contributed by atoms with E-state index in [1.54, 1.807) is 97.1 Å². The second-order valence-electron chi connectivity index (χ2n) is 35.7. The van der Waals surface area contributed by atoms with E-state index in [-0.39, 0.29) is 147 Å². The maximum absolute atomic E-state index is 13.9. The summed E-state index contributed by atoms with van der Waals surface area (Å²) in [6, 6.07) is 55.6.